The van der Waals surface area contributed by atoms with Crippen molar-refractivity contribution in [2.24, 2.45) is 0 Å². The average molecular weight is 307 g/mol. The minimum Gasteiger partial charge on any atom is -0.394 e. The molecule has 1 aliphatic carbocycles. The molecule has 0 aliphatic heterocycles. The summed E-state index contributed by atoms with van der Waals surface area (Å²) in [4.78, 5) is 0. The normalized spacial score (nSPS) is 16.5. The molecular weight excluding hydrogens is 286 g/mol. The van der Waals surface area contributed by atoms with Gasteiger partial charge in [-0.3, -0.25) is 0 Å². The molecule has 1 aliphatic rings. The Labute approximate surface area is 126 Å². The van der Waals surface area contributed by atoms with Gasteiger partial charge in [0.2, 0.25) is 10.0 Å². The number of aliphatic hydroxyl groups excluding tert-OH is 1. The molecule has 0 saturated carbocycles. The second-order valence-corrected chi connectivity index (χ2v) is 6.98. The van der Waals surface area contributed by atoms with E-state index in [1.54, 1.807) is 12.1 Å². The standard InChI is InChI=1S/C16H21NO3S/c18-13-16(15-9-5-2-6-10-15)17-21(19,20)12-11-14-7-3-1-4-8-14/h1-3,5-6,8-10,16-18H,4,7,11-13H2/t16-/m0/s1. The van der Waals surface area contributed by atoms with Crippen molar-refractivity contribution in [3.05, 3.63) is 59.7 Å². The molecule has 21 heavy (non-hydrogen) atoms. The van der Waals surface area contributed by atoms with Crippen molar-refractivity contribution in [2.45, 2.75) is 25.3 Å². The van der Waals surface area contributed by atoms with Crippen molar-refractivity contribution in [3.63, 3.8) is 0 Å². The van der Waals surface area contributed by atoms with Crippen LogP contribution in [0.15, 0.2) is 54.1 Å². The predicted octanol–water partition coefficient (Wildman–Crippen LogP) is 2.31. The maximum Gasteiger partial charge on any atom is 0.212 e. The van der Waals surface area contributed by atoms with Crippen LogP contribution < -0.4 is 4.72 Å². The maximum atomic E-state index is 12.1. The molecule has 0 spiro atoms. The fourth-order valence-electron chi connectivity index (χ4n) is 2.29. The van der Waals surface area contributed by atoms with Gasteiger partial charge in [0, 0.05) is 0 Å². The molecule has 0 unspecified atom stereocenters. The van der Waals surface area contributed by atoms with Crippen LogP contribution in [0, 0.1) is 0 Å². The van der Waals surface area contributed by atoms with E-state index in [0.29, 0.717) is 6.42 Å². The number of benzene rings is 1. The van der Waals surface area contributed by atoms with E-state index in [2.05, 4.69) is 23.0 Å². The van der Waals surface area contributed by atoms with Gasteiger partial charge >= 0.3 is 0 Å². The summed E-state index contributed by atoms with van der Waals surface area (Å²) in [5.74, 6) is 0.0516. The maximum absolute atomic E-state index is 12.1. The molecule has 0 fully saturated rings. The third kappa shape index (κ3) is 5.12. The highest BCUT2D eigenvalue weighted by atomic mass is 32.2. The van der Waals surface area contributed by atoms with Crippen LogP contribution >= 0.6 is 0 Å². The van der Waals surface area contributed by atoms with E-state index in [1.165, 1.54) is 0 Å². The molecule has 4 nitrogen and oxygen atoms in total. The first-order chi connectivity index (χ1) is 10.1. The van der Waals surface area contributed by atoms with E-state index in [1.807, 2.05) is 18.2 Å². The van der Waals surface area contributed by atoms with E-state index < -0.39 is 16.1 Å². The minimum absolute atomic E-state index is 0.0516. The third-order valence-electron chi connectivity index (χ3n) is 3.49. The van der Waals surface area contributed by atoms with Crippen molar-refractivity contribution in [3.8, 4) is 0 Å². The lowest BCUT2D eigenvalue weighted by molar-refractivity contribution is 0.259. The van der Waals surface area contributed by atoms with Gasteiger partial charge in [-0.1, -0.05) is 54.1 Å². The third-order valence-corrected chi connectivity index (χ3v) is 4.87. The van der Waals surface area contributed by atoms with Crippen LogP contribution in [-0.4, -0.2) is 25.9 Å². The van der Waals surface area contributed by atoms with Crippen LogP contribution in [0.3, 0.4) is 0 Å². The fraction of sp³-hybridized carbons (Fsp3) is 0.375. The van der Waals surface area contributed by atoms with Gasteiger partial charge in [0.1, 0.15) is 0 Å². The highest BCUT2D eigenvalue weighted by molar-refractivity contribution is 7.89. The molecule has 2 N–H and O–H groups in total. The Morgan fingerprint density at radius 1 is 1.19 bits per heavy atom. The second-order valence-electron chi connectivity index (χ2n) is 5.11. The van der Waals surface area contributed by atoms with Gasteiger partial charge in [0.15, 0.2) is 0 Å². The molecule has 0 amide bonds. The topological polar surface area (TPSA) is 66.4 Å². The molecule has 2 rings (SSSR count). The van der Waals surface area contributed by atoms with Gasteiger partial charge in [0.25, 0.3) is 0 Å². The lowest BCUT2D eigenvalue weighted by atomic mass is 10.0. The van der Waals surface area contributed by atoms with Crippen LogP contribution in [0.2, 0.25) is 0 Å². The van der Waals surface area contributed by atoms with Crippen LogP contribution in [0.1, 0.15) is 30.9 Å². The number of allylic oxidation sites excluding steroid dienone is 4. The quantitative estimate of drug-likeness (QED) is 0.760. The van der Waals surface area contributed by atoms with Gasteiger partial charge in [-0.2, -0.15) is 0 Å². The molecule has 0 radical (unpaired) electrons. The van der Waals surface area contributed by atoms with E-state index in [4.69, 9.17) is 0 Å². The Morgan fingerprint density at radius 2 is 1.95 bits per heavy atom. The van der Waals surface area contributed by atoms with Crippen molar-refractivity contribution < 1.29 is 13.5 Å². The summed E-state index contributed by atoms with van der Waals surface area (Å²) in [5.41, 5.74) is 1.92. The molecule has 0 aromatic heterocycles. The lowest BCUT2D eigenvalue weighted by Gasteiger charge is -2.17. The van der Waals surface area contributed by atoms with Gasteiger partial charge in [-0.25, -0.2) is 13.1 Å². The first kappa shape index (κ1) is 15.9. The monoisotopic (exact) mass is 307 g/mol. The Hall–Kier alpha value is -1.43. The highest BCUT2D eigenvalue weighted by Gasteiger charge is 2.19. The Balaban J connectivity index is 1.94. The molecule has 0 saturated heterocycles. The van der Waals surface area contributed by atoms with Gasteiger partial charge in [0.05, 0.1) is 18.4 Å². The molecular formula is C16H21NO3S. The summed E-state index contributed by atoms with van der Waals surface area (Å²) in [5, 5.41) is 9.41. The summed E-state index contributed by atoms with van der Waals surface area (Å²) in [6.45, 7) is -0.255. The first-order valence-electron chi connectivity index (χ1n) is 7.09. The van der Waals surface area contributed by atoms with Gasteiger partial charge in [-0.05, 0) is 24.8 Å². The summed E-state index contributed by atoms with van der Waals surface area (Å²) < 4.78 is 26.9. The highest BCUT2D eigenvalue weighted by Crippen LogP contribution is 2.17. The number of aliphatic hydroxyl groups is 1. The molecule has 0 heterocycles. The zero-order valence-electron chi connectivity index (χ0n) is 11.9. The number of hydrogen-bond donors (Lipinski definition) is 2. The largest absolute Gasteiger partial charge is 0.394 e. The van der Waals surface area contributed by atoms with Gasteiger partial charge in [-0.15, -0.1) is 0 Å². The van der Waals surface area contributed by atoms with Crippen LogP contribution in [0.5, 0.6) is 0 Å². The molecule has 5 heteroatoms. The summed E-state index contributed by atoms with van der Waals surface area (Å²) in [7, 11) is -3.42. The Morgan fingerprint density at radius 3 is 2.57 bits per heavy atom. The Kier molecular flexibility index (Phi) is 5.73. The average Bonchev–Trinajstić information content (AvgIpc) is 2.53. The van der Waals surface area contributed by atoms with Crippen molar-refractivity contribution >= 4 is 10.0 Å². The SMILES string of the molecule is O=S(=O)(CCC1=CCC=CC1)N[C@@H](CO)c1ccccc1. The summed E-state index contributed by atoms with van der Waals surface area (Å²) >= 11 is 0. The fourth-order valence-corrected chi connectivity index (χ4v) is 3.58. The molecule has 114 valence electrons. The predicted molar refractivity (Wildman–Crippen MR) is 84.3 cm³/mol. The van der Waals surface area contributed by atoms with Gasteiger partial charge < -0.3 is 5.11 Å². The van der Waals surface area contributed by atoms with E-state index >= 15 is 0 Å². The number of sulfonamides is 1. The lowest BCUT2D eigenvalue weighted by Crippen LogP contribution is -2.32. The van der Waals surface area contributed by atoms with Crippen LogP contribution in [0.25, 0.3) is 0 Å². The molecule has 1 aromatic carbocycles. The zero-order chi connectivity index (χ0) is 15.1. The second kappa shape index (κ2) is 7.54. The van der Waals surface area contributed by atoms with Crippen molar-refractivity contribution in [2.75, 3.05) is 12.4 Å². The number of rotatable bonds is 7. The molecule has 0 bridgehead atoms. The van der Waals surface area contributed by atoms with Crippen molar-refractivity contribution in [1.29, 1.82) is 0 Å². The minimum atomic E-state index is -3.42. The number of hydrogen-bond acceptors (Lipinski definition) is 3. The first-order valence-corrected chi connectivity index (χ1v) is 8.74. The van der Waals surface area contributed by atoms with E-state index in [9.17, 15) is 13.5 Å². The summed E-state index contributed by atoms with van der Waals surface area (Å²) in [6.07, 6.45) is 8.47. The smallest absolute Gasteiger partial charge is 0.212 e. The summed E-state index contributed by atoms with van der Waals surface area (Å²) in [6, 6.07) is 8.53. The zero-order valence-corrected chi connectivity index (χ0v) is 12.7. The number of nitrogens with one attached hydrogen (secondary N) is 1. The van der Waals surface area contributed by atoms with Crippen LogP contribution in [0.4, 0.5) is 0 Å². The van der Waals surface area contributed by atoms with E-state index in [-0.39, 0.29) is 12.4 Å². The molecule has 1 aromatic rings. The van der Waals surface area contributed by atoms with Crippen molar-refractivity contribution in [1.82, 2.24) is 4.72 Å². The van der Waals surface area contributed by atoms with Crippen LogP contribution in [-0.2, 0) is 10.0 Å². The van der Waals surface area contributed by atoms with E-state index in [0.717, 1.165) is 24.0 Å². The molecule has 1 atom stereocenters. The Bertz CT molecular complexity index is 606.